The van der Waals surface area contributed by atoms with Crippen LogP contribution in [0.15, 0.2) is 39.9 Å². The lowest BCUT2D eigenvalue weighted by Crippen LogP contribution is -2.12. The second-order valence-corrected chi connectivity index (χ2v) is 7.27. The van der Waals surface area contributed by atoms with Crippen molar-refractivity contribution >= 4 is 56.9 Å². The van der Waals surface area contributed by atoms with Crippen LogP contribution in [0, 0.1) is 0 Å². The third-order valence-corrected chi connectivity index (χ3v) is 5.32. The molecule has 0 atom stereocenters. The fraction of sp³-hybridized carbons (Fsp3) is 0.0769. The van der Waals surface area contributed by atoms with Crippen molar-refractivity contribution in [1.29, 1.82) is 0 Å². The minimum absolute atomic E-state index is 0.0935. The minimum atomic E-state index is -0.0935. The molecule has 0 aliphatic carbocycles. The van der Waals surface area contributed by atoms with Crippen molar-refractivity contribution in [2.45, 2.75) is 10.9 Å². The van der Waals surface area contributed by atoms with Crippen molar-refractivity contribution in [3.05, 3.63) is 56.0 Å². The van der Waals surface area contributed by atoms with Gasteiger partial charge < -0.3 is 0 Å². The van der Waals surface area contributed by atoms with Gasteiger partial charge in [0.05, 0.1) is 15.7 Å². The van der Waals surface area contributed by atoms with Crippen LogP contribution in [-0.4, -0.2) is 24.0 Å². The number of rotatable bonds is 3. The highest BCUT2D eigenvalue weighted by Gasteiger charge is 2.11. The summed E-state index contributed by atoms with van der Waals surface area (Å²) in [6.45, 7) is 0. The van der Waals surface area contributed by atoms with E-state index in [4.69, 9.17) is 23.2 Å². The standard InChI is InChI=1S/C13H7Cl2N5OS2/c14-7-3-9(15)11-17-18-13(20(11)5-7)23-6-8-4-10(21)19-1-2-22-12(19)16-8/h1-5H,6H2. The predicted molar refractivity (Wildman–Crippen MR) is 91.9 cm³/mol. The highest BCUT2D eigenvalue weighted by molar-refractivity contribution is 7.98. The van der Waals surface area contributed by atoms with Gasteiger partial charge in [0.2, 0.25) is 0 Å². The SMILES string of the molecule is O=c1cc(CSc2nnc3c(Cl)cc(Cl)cn23)nc2sccn12. The molecule has 0 aliphatic rings. The smallest absolute Gasteiger partial charge is 0.258 e. The van der Waals surface area contributed by atoms with Gasteiger partial charge >= 0.3 is 0 Å². The molecular weight excluding hydrogens is 377 g/mol. The largest absolute Gasteiger partial charge is 0.275 e. The molecule has 0 fully saturated rings. The summed E-state index contributed by atoms with van der Waals surface area (Å²) in [6, 6.07) is 3.14. The highest BCUT2D eigenvalue weighted by atomic mass is 35.5. The van der Waals surface area contributed by atoms with E-state index in [1.54, 1.807) is 22.9 Å². The lowest BCUT2D eigenvalue weighted by Gasteiger charge is -2.02. The molecule has 116 valence electrons. The second-order valence-electron chi connectivity index (χ2n) is 4.61. The summed E-state index contributed by atoms with van der Waals surface area (Å²) < 4.78 is 3.25. The first-order valence-electron chi connectivity index (χ1n) is 6.40. The molecule has 4 rings (SSSR count). The van der Waals surface area contributed by atoms with Gasteiger partial charge in [-0.05, 0) is 6.07 Å². The number of hydrogen-bond acceptors (Lipinski definition) is 6. The number of halogens is 2. The number of aromatic nitrogens is 5. The van der Waals surface area contributed by atoms with Gasteiger partial charge in [-0.3, -0.25) is 13.6 Å². The summed E-state index contributed by atoms with van der Waals surface area (Å²) in [6.07, 6.45) is 3.41. The fourth-order valence-electron chi connectivity index (χ4n) is 2.10. The topological polar surface area (TPSA) is 64.6 Å². The summed E-state index contributed by atoms with van der Waals surface area (Å²) in [4.78, 5) is 17.1. The maximum atomic E-state index is 12.0. The Morgan fingerprint density at radius 2 is 2.09 bits per heavy atom. The Balaban J connectivity index is 1.67. The first-order valence-corrected chi connectivity index (χ1v) is 9.02. The van der Waals surface area contributed by atoms with Gasteiger partial charge in [0, 0.05) is 29.6 Å². The molecule has 10 heteroatoms. The normalized spacial score (nSPS) is 11.6. The van der Waals surface area contributed by atoms with Crippen LogP contribution >= 0.6 is 46.3 Å². The van der Waals surface area contributed by atoms with Crippen LogP contribution in [0.25, 0.3) is 10.6 Å². The van der Waals surface area contributed by atoms with E-state index in [9.17, 15) is 4.79 Å². The fourth-order valence-corrected chi connectivity index (χ4v) is 4.15. The molecule has 4 heterocycles. The summed E-state index contributed by atoms with van der Waals surface area (Å²) in [5.74, 6) is 0.495. The Morgan fingerprint density at radius 3 is 2.96 bits per heavy atom. The summed E-state index contributed by atoms with van der Waals surface area (Å²) in [5.41, 5.74) is 1.14. The molecule has 0 unspecified atom stereocenters. The van der Waals surface area contributed by atoms with E-state index >= 15 is 0 Å². The van der Waals surface area contributed by atoms with Crippen molar-refractivity contribution in [2.75, 3.05) is 0 Å². The molecule has 0 spiro atoms. The summed E-state index contributed by atoms with van der Waals surface area (Å²) in [5, 5.41) is 11.6. The van der Waals surface area contributed by atoms with Gasteiger partial charge in [-0.1, -0.05) is 35.0 Å². The quantitative estimate of drug-likeness (QED) is 0.507. The van der Waals surface area contributed by atoms with Crippen LogP contribution in [0.3, 0.4) is 0 Å². The van der Waals surface area contributed by atoms with Gasteiger partial charge in [-0.15, -0.1) is 21.5 Å². The van der Waals surface area contributed by atoms with Crippen LogP contribution in [-0.2, 0) is 5.75 Å². The zero-order chi connectivity index (χ0) is 16.0. The Morgan fingerprint density at radius 1 is 1.22 bits per heavy atom. The first-order chi connectivity index (χ1) is 11.1. The van der Waals surface area contributed by atoms with E-state index in [2.05, 4.69) is 15.2 Å². The molecule has 4 aromatic heterocycles. The average molecular weight is 384 g/mol. The van der Waals surface area contributed by atoms with Crippen molar-refractivity contribution in [1.82, 2.24) is 24.0 Å². The molecule has 6 nitrogen and oxygen atoms in total. The zero-order valence-corrected chi connectivity index (χ0v) is 14.5. The molecule has 0 N–H and O–H groups in total. The van der Waals surface area contributed by atoms with Gasteiger partial charge in [0.1, 0.15) is 0 Å². The third kappa shape index (κ3) is 2.72. The molecule has 0 aromatic carbocycles. The molecule has 23 heavy (non-hydrogen) atoms. The Kier molecular flexibility index (Phi) is 3.76. The van der Waals surface area contributed by atoms with Crippen molar-refractivity contribution in [3.8, 4) is 0 Å². The number of fused-ring (bicyclic) bond motifs is 2. The second kappa shape index (κ2) is 5.79. The van der Waals surface area contributed by atoms with Crippen LogP contribution in [0.2, 0.25) is 10.0 Å². The number of nitrogens with zero attached hydrogens (tertiary/aromatic N) is 5. The monoisotopic (exact) mass is 383 g/mol. The maximum Gasteiger partial charge on any atom is 0.258 e. The number of pyridine rings is 1. The van der Waals surface area contributed by atoms with E-state index < -0.39 is 0 Å². The summed E-state index contributed by atoms with van der Waals surface area (Å²) >= 11 is 14.9. The minimum Gasteiger partial charge on any atom is -0.275 e. The third-order valence-electron chi connectivity index (χ3n) is 3.10. The molecular formula is C13H7Cl2N5OS2. The highest BCUT2D eigenvalue weighted by Crippen LogP contribution is 2.26. The molecule has 0 radical (unpaired) electrons. The maximum absolute atomic E-state index is 12.0. The lowest BCUT2D eigenvalue weighted by atomic mass is 10.4. The van der Waals surface area contributed by atoms with Gasteiger partial charge in [-0.2, -0.15) is 0 Å². The van der Waals surface area contributed by atoms with Crippen molar-refractivity contribution < 1.29 is 0 Å². The van der Waals surface area contributed by atoms with Gasteiger partial charge in [0.25, 0.3) is 5.56 Å². The summed E-state index contributed by atoms with van der Waals surface area (Å²) in [7, 11) is 0. The molecule has 0 aliphatic heterocycles. The Labute approximate surface area is 147 Å². The van der Waals surface area contributed by atoms with E-state index in [1.807, 2.05) is 5.38 Å². The van der Waals surface area contributed by atoms with E-state index in [0.29, 0.717) is 37.3 Å². The van der Waals surface area contributed by atoms with E-state index in [0.717, 1.165) is 0 Å². The van der Waals surface area contributed by atoms with Crippen LogP contribution in [0.1, 0.15) is 5.69 Å². The predicted octanol–water partition coefficient (Wildman–Crippen LogP) is 3.40. The lowest BCUT2D eigenvalue weighted by molar-refractivity contribution is 0.919. The first kappa shape index (κ1) is 14.9. The number of thioether (sulfide) groups is 1. The van der Waals surface area contributed by atoms with Crippen molar-refractivity contribution in [2.24, 2.45) is 0 Å². The molecule has 0 bridgehead atoms. The number of hydrogen-bond donors (Lipinski definition) is 0. The van der Waals surface area contributed by atoms with Crippen LogP contribution < -0.4 is 5.56 Å². The van der Waals surface area contributed by atoms with Gasteiger partial charge in [0.15, 0.2) is 15.8 Å². The Bertz CT molecular complexity index is 1090. The molecule has 0 amide bonds. The van der Waals surface area contributed by atoms with E-state index in [1.165, 1.54) is 33.6 Å². The van der Waals surface area contributed by atoms with Crippen molar-refractivity contribution in [3.63, 3.8) is 0 Å². The van der Waals surface area contributed by atoms with Crippen LogP contribution in [0.5, 0.6) is 0 Å². The average Bonchev–Trinajstić information content (AvgIpc) is 3.12. The van der Waals surface area contributed by atoms with Crippen LogP contribution in [0.4, 0.5) is 0 Å². The Hall–Kier alpha value is -1.61. The van der Waals surface area contributed by atoms with E-state index in [-0.39, 0.29) is 5.56 Å². The number of thiazole rings is 1. The zero-order valence-electron chi connectivity index (χ0n) is 11.3. The molecule has 0 saturated heterocycles. The molecule has 0 saturated carbocycles. The molecule has 4 aromatic rings. The van der Waals surface area contributed by atoms with Gasteiger partial charge in [-0.25, -0.2) is 4.98 Å².